The van der Waals surface area contributed by atoms with Gasteiger partial charge < -0.3 is 19.7 Å². The Morgan fingerprint density at radius 1 is 1.08 bits per heavy atom. The molecule has 0 unspecified atom stereocenters. The zero-order valence-electron chi connectivity index (χ0n) is 14.6. The van der Waals surface area contributed by atoms with E-state index >= 15 is 0 Å². The molecule has 2 aromatic carbocycles. The number of carbonyl (C=O) groups excluding carboxylic acids is 1. The van der Waals surface area contributed by atoms with E-state index in [0.717, 1.165) is 13.1 Å². The number of anilines is 1. The van der Waals surface area contributed by atoms with Crippen molar-refractivity contribution in [3.63, 3.8) is 0 Å². The molecule has 1 N–H and O–H groups in total. The number of amides is 1. The second-order valence-electron chi connectivity index (χ2n) is 5.22. The molecule has 6 heteroatoms. The molecule has 0 aromatic heterocycles. The number of ether oxygens (including phenoxy) is 2. The fourth-order valence-electron chi connectivity index (χ4n) is 2.26. The summed E-state index contributed by atoms with van der Waals surface area (Å²) in [7, 11) is 1.57. The van der Waals surface area contributed by atoms with Gasteiger partial charge in [0.25, 0.3) is 11.1 Å². The van der Waals surface area contributed by atoms with E-state index in [4.69, 9.17) is 21.7 Å². The Kier molecular flexibility index (Phi) is 6.77. The third kappa shape index (κ3) is 4.93. The van der Waals surface area contributed by atoms with E-state index in [2.05, 4.69) is 5.32 Å². The smallest absolute Gasteiger partial charge is 0.264 e. The predicted molar refractivity (Wildman–Crippen MR) is 104 cm³/mol. The molecule has 2 rings (SSSR count). The average Bonchev–Trinajstić information content (AvgIpc) is 2.63. The van der Waals surface area contributed by atoms with E-state index in [1.165, 1.54) is 0 Å². The van der Waals surface area contributed by atoms with Crippen molar-refractivity contribution in [2.24, 2.45) is 0 Å². The maximum Gasteiger partial charge on any atom is 0.264 e. The third-order valence-electron chi connectivity index (χ3n) is 3.70. The molecule has 0 bridgehead atoms. The minimum absolute atomic E-state index is 0.220. The van der Waals surface area contributed by atoms with Crippen molar-refractivity contribution < 1.29 is 14.3 Å². The predicted octanol–water partition coefficient (Wildman–Crippen LogP) is 3.95. The van der Waals surface area contributed by atoms with Crippen LogP contribution in [-0.4, -0.2) is 36.2 Å². The van der Waals surface area contributed by atoms with Gasteiger partial charge in [-0.15, -0.1) is 0 Å². The lowest BCUT2D eigenvalue weighted by Crippen LogP contribution is -2.32. The Morgan fingerprint density at radius 2 is 1.72 bits per heavy atom. The lowest BCUT2D eigenvalue weighted by molar-refractivity contribution is 0.102. The fourth-order valence-corrected chi connectivity index (χ4v) is 2.62. The largest absolute Gasteiger partial charge is 0.495 e. The number of para-hydroxylation sites is 2. The minimum Gasteiger partial charge on any atom is -0.495 e. The third-order valence-corrected chi connectivity index (χ3v) is 4.04. The standard InChI is InChI=1S/C19H22N2O3S/c1-4-21(5-2)19(25)24-15-12-10-14(11-13-15)18(22)20-16-8-6-7-9-17(16)23-3/h6-13H,4-5H2,1-3H3,(H,20,22). The van der Waals surface area contributed by atoms with Crippen LogP contribution in [0.2, 0.25) is 0 Å². The highest BCUT2D eigenvalue weighted by Crippen LogP contribution is 2.24. The quantitative estimate of drug-likeness (QED) is 0.793. The summed E-state index contributed by atoms with van der Waals surface area (Å²) in [5.41, 5.74) is 1.14. The Balaban J connectivity index is 2.04. The lowest BCUT2D eigenvalue weighted by Gasteiger charge is -2.21. The first-order chi connectivity index (χ1) is 12.1. The highest BCUT2D eigenvalue weighted by atomic mass is 32.1. The van der Waals surface area contributed by atoms with Crippen LogP contribution in [0.15, 0.2) is 48.5 Å². The summed E-state index contributed by atoms with van der Waals surface area (Å²) in [6.45, 7) is 5.61. The number of benzene rings is 2. The molecule has 1 amide bonds. The Hall–Kier alpha value is -2.60. The summed E-state index contributed by atoms with van der Waals surface area (Å²) in [4.78, 5) is 14.3. The molecule has 0 saturated carbocycles. The number of methoxy groups -OCH3 is 1. The summed E-state index contributed by atoms with van der Waals surface area (Å²) in [6, 6.07) is 14.1. The molecule has 0 aliphatic carbocycles. The van der Waals surface area contributed by atoms with Crippen LogP contribution in [0.1, 0.15) is 24.2 Å². The van der Waals surface area contributed by atoms with Gasteiger partial charge in [0.2, 0.25) is 0 Å². The fraction of sp³-hybridized carbons (Fsp3) is 0.263. The van der Waals surface area contributed by atoms with Crippen molar-refractivity contribution in [3.05, 3.63) is 54.1 Å². The molecule has 0 spiro atoms. The molecule has 5 nitrogen and oxygen atoms in total. The monoisotopic (exact) mass is 358 g/mol. The van der Waals surface area contributed by atoms with Crippen LogP contribution in [0.5, 0.6) is 11.5 Å². The number of thiocarbonyl (C=S) groups is 1. The molecular formula is C19H22N2O3S. The highest BCUT2D eigenvalue weighted by molar-refractivity contribution is 7.80. The van der Waals surface area contributed by atoms with Gasteiger partial charge in [-0.25, -0.2) is 0 Å². The first kappa shape index (κ1) is 18.7. The number of hydrogen-bond donors (Lipinski definition) is 1. The van der Waals surface area contributed by atoms with E-state index in [0.29, 0.717) is 27.9 Å². The molecule has 2 aromatic rings. The Bertz CT molecular complexity index is 728. The molecule has 0 heterocycles. The van der Waals surface area contributed by atoms with Crippen LogP contribution in [0.4, 0.5) is 5.69 Å². The van der Waals surface area contributed by atoms with Crippen LogP contribution >= 0.6 is 12.2 Å². The van der Waals surface area contributed by atoms with Gasteiger partial charge in [0.15, 0.2) is 0 Å². The minimum atomic E-state index is -0.220. The van der Waals surface area contributed by atoms with Crippen LogP contribution in [0.25, 0.3) is 0 Å². The number of carbonyl (C=O) groups is 1. The highest BCUT2D eigenvalue weighted by Gasteiger charge is 2.11. The Labute approximate surface area is 153 Å². The van der Waals surface area contributed by atoms with Crippen LogP contribution in [0.3, 0.4) is 0 Å². The summed E-state index contributed by atoms with van der Waals surface area (Å²) in [5.74, 6) is 0.994. The van der Waals surface area contributed by atoms with E-state index in [1.54, 1.807) is 43.5 Å². The first-order valence-corrected chi connectivity index (χ1v) is 8.51. The van der Waals surface area contributed by atoms with E-state index in [1.807, 2.05) is 30.9 Å². The van der Waals surface area contributed by atoms with Gasteiger partial charge in [-0.3, -0.25) is 4.79 Å². The first-order valence-electron chi connectivity index (χ1n) is 8.10. The van der Waals surface area contributed by atoms with Gasteiger partial charge in [-0.05, 0) is 62.5 Å². The topological polar surface area (TPSA) is 50.8 Å². The van der Waals surface area contributed by atoms with Crippen molar-refractivity contribution >= 4 is 29.0 Å². The summed E-state index contributed by atoms with van der Waals surface area (Å²) >= 11 is 5.27. The number of rotatable bonds is 6. The van der Waals surface area contributed by atoms with E-state index in [9.17, 15) is 4.79 Å². The molecule has 0 saturated heterocycles. The number of hydrogen-bond acceptors (Lipinski definition) is 4. The number of nitrogens with one attached hydrogen (secondary N) is 1. The molecule has 25 heavy (non-hydrogen) atoms. The van der Waals surface area contributed by atoms with Gasteiger partial charge in [0.1, 0.15) is 11.5 Å². The van der Waals surface area contributed by atoms with E-state index in [-0.39, 0.29) is 5.91 Å². The van der Waals surface area contributed by atoms with E-state index < -0.39 is 0 Å². The lowest BCUT2D eigenvalue weighted by atomic mass is 10.2. The van der Waals surface area contributed by atoms with Crippen LogP contribution < -0.4 is 14.8 Å². The molecule has 0 radical (unpaired) electrons. The Morgan fingerprint density at radius 3 is 2.32 bits per heavy atom. The van der Waals surface area contributed by atoms with Crippen molar-refractivity contribution in [2.75, 3.05) is 25.5 Å². The van der Waals surface area contributed by atoms with Gasteiger partial charge in [-0.1, -0.05) is 12.1 Å². The summed E-state index contributed by atoms with van der Waals surface area (Å²) in [5, 5.41) is 3.26. The average molecular weight is 358 g/mol. The summed E-state index contributed by atoms with van der Waals surface area (Å²) < 4.78 is 10.9. The van der Waals surface area contributed by atoms with Crippen molar-refractivity contribution in [1.82, 2.24) is 4.90 Å². The van der Waals surface area contributed by atoms with Crippen LogP contribution in [0, 0.1) is 0 Å². The maximum absolute atomic E-state index is 12.4. The second-order valence-corrected chi connectivity index (χ2v) is 5.57. The van der Waals surface area contributed by atoms with Crippen LogP contribution in [-0.2, 0) is 0 Å². The number of nitrogens with zero attached hydrogens (tertiary/aromatic N) is 1. The van der Waals surface area contributed by atoms with Gasteiger partial charge >= 0.3 is 0 Å². The zero-order valence-corrected chi connectivity index (χ0v) is 15.4. The van der Waals surface area contributed by atoms with Gasteiger partial charge in [0, 0.05) is 18.7 Å². The van der Waals surface area contributed by atoms with Gasteiger partial charge in [0.05, 0.1) is 12.8 Å². The summed E-state index contributed by atoms with van der Waals surface area (Å²) in [6.07, 6.45) is 0. The van der Waals surface area contributed by atoms with Crippen molar-refractivity contribution in [1.29, 1.82) is 0 Å². The molecular weight excluding hydrogens is 336 g/mol. The zero-order chi connectivity index (χ0) is 18.2. The molecule has 0 aliphatic heterocycles. The molecule has 132 valence electrons. The molecule has 0 atom stereocenters. The van der Waals surface area contributed by atoms with Crippen molar-refractivity contribution in [2.45, 2.75) is 13.8 Å². The molecule has 0 fully saturated rings. The van der Waals surface area contributed by atoms with Crippen molar-refractivity contribution in [3.8, 4) is 11.5 Å². The maximum atomic E-state index is 12.4. The second kappa shape index (κ2) is 9.03. The van der Waals surface area contributed by atoms with Gasteiger partial charge in [-0.2, -0.15) is 0 Å². The SMILES string of the molecule is CCN(CC)C(=S)Oc1ccc(C(=O)Nc2ccccc2OC)cc1. The molecule has 0 aliphatic rings. The normalized spacial score (nSPS) is 10.0.